The molecule has 1 heterocycles. The first-order valence-corrected chi connectivity index (χ1v) is 7.99. The zero-order chi connectivity index (χ0) is 18.3. The van der Waals surface area contributed by atoms with E-state index in [4.69, 9.17) is 24.5 Å². The van der Waals surface area contributed by atoms with Gasteiger partial charge in [-0.05, 0) is 33.2 Å². The number of carbonyl (C=O) groups is 1. The fraction of sp³-hybridized carbons (Fsp3) is 0.933. The molecule has 0 aliphatic carbocycles. The Morgan fingerprint density at radius 3 is 2.54 bits per heavy atom. The van der Waals surface area contributed by atoms with Gasteiger partial charge in [0.25, 0.3) is 0 Å². The third-order valence-corrected chi connectivity index (χ3v) is 3.54. The Hall–Kier alpha value is -1.38. The van der Waals surface area contributed by atoms with Gasteiger partial charge in [-0.2, -0.15) is 0 Å². The number of carbonyl (C=O) groups excluding carboxylic acids is 1. The normalized spacial score (nSPS) is 30.5. The van der Waals surface area contributed by atoms with Crippen LogP contribution in [0.4, 0.5) is 0 Å². The predicted octanol–water partition coefficient (Wildman–Crippen LogP) is 1.78. The Morgan fingerprint density at radius 1 is 1.38 bits per heavy atom. The zero-order valence-corrected chi connectivity index (χ0v) is 14.8. The maximum atomic E-state index is 11.9. The summed E-state index contributed by atoms with van der Waals surface area (Å²) in [5, 5.41) is 13.2. The highest BCUT2D eigenvalue weighted by Crippen LogP contribution is 2.31. The molecule has 0 aromatic heterocycles. The van der Waals surface area contributed by atoms with Gasteiger partial charge in [-0.15, -0.1) is 0 Å². The van der Waals surface area contributed by atoms with Crippen molar-refractivity contribution in [3.8, 4) is 0 Å². The molecular formula is C15H27N3O6. The van der Waals surface area contributed by atoms with Crippen molar-refractivity contribution in [1.82, 2.24) is 0 Å². The zero-order valence-electron chi connectivity index (χ0n) is 14.8. The van der Waals surface area contributed by atoms with Gasteiger partial charge in [0.05, 0.1) is 18.8 Å². The van der Waals surface area contributed by atoms with Gasteiger partial charge in [0.15, 0.2) is 6.29 Å². The molecule has 0 bridgehead atoms. The van der Waals surface area contributed by atoms with Crippen LogP contribution in [0.15, 0.2) is 5.11 Å². The molecule has 0 aromatic carbocycles. The number of ether oxygens (including phenoxy) is 4. The van der Waals surface area contributed by atoms with Gasteiger partial charge < -0.3 is 24.1 Å². The first-order valence-electron chi connectivity index (χ1n) is 7.99. The van der Waals surface area contributed by atoms with Gasteiger partial charge in [-0.3, -0.25) is 0 Å². The van der Waals surface area contributed by atoms with Gasteiger partial charge in [-0.25, -0.2) is 4.79 Å². The number of aliphatic hydroxyl groups excluding tert-OH is 1. The van der Waals surface area contributed by atoms with E-state index in [1.54, 1.807) is 34.6 Å². The van der Waals surface area contributed by atoms with E-state index in [-0.39, 0.29) is 19.1 Å². The van der Waals surface area contributed by atoms with Gasteiger partial charge >= 0.3 is 5.97 Å². The van der Waals surface area contributed by atoms with Crippen molar-refractivity contribution < 1.29 is 28.8 Å². The van der Waals surface area contributed by atoms with Crippen LogP contribution >= 0.6 is 0 Å². The SMILES string of the molecule is CCO[C@@H]1OC(CO)[C@H](C)[C@H](OCC(=O)OC(C)(C)C)C1N=[N+]=[N-]. The van der Waals surface area contributed by atoms with Crippen molar-refractivity contribution in [1.29, 1.82) is 0 Å². The second-order valence-electron chi connectivity index (χ2n) is 6.60. The Labute approximate surface area is 141 Å². The van der Waals surface area contributed by atoms with Crippen LogP contribution in [0.3, 0.4) is 0 Å². The molecule has 0 aromatic rings. The Kier molecular flexibility index (Phi) is 7.92. The summed E-state index contributed by atoms with van der Waals surface area (Å²) < 4.78 is 22.0. The number of hydrogen-bond donors (Lipinski definition) is 1. The lowest BCUT2D eigenvalue weighted by atomic mass is 9.89. The average Bonchev–Trinajstić information content (AvgIpc) is 2.47. The van der Waals surface area contributed by atoms with Gasteiger partial charge in [0, 0.05) is 17.4 Å². The minimum absolute atomic E-state index is 0.236. The number of rotatable bonds is 7. The molecule has 0 radical (unpaired) electrons. The molecule has 1 saturated heterocycles. The van der Waals surface area contributed by atoms with Crippen LogP contribution in [0.1, 0.15) is 34.6 Å². The van der Waals surface area contributed by atoms with Crippen LogP contribution in [0.25, 0.3) is 10.4 Å². The van der Waals surface area contributed by atoms with Crippen molar-refractivity contribution in [2.75, 3.05) is 19.8 Å². The van der Waals surface area contributed by atoms with Gasteiger partial charge in [-0.1, -0.05) is 12.0 Å². The molecule has 0 amide bonds. The molecule has 138 valence electrons. The molecule has 1 rings (SSSR count). The van der Waals surface area contributed by atoms with Crippen molar-refractivity contribution in [3.63, 3.8) is 0 Å². The summed E-state index contributed by atoms with van der Waals surface area (Å²) in [6.07, 6.45) is -2.03. The molecule has 1 N–H and O–H groups in total. The molecule has 1 aliphatic heterocycles. The van der Waals surface area contributed by atoms with Crippen LogP contribution in [-0.4, -0.2) is 61.0 Å². The number of azide groups is 1. The summed E-state index contributed by atoms with van der Waals surface area (Å²) in [4.78, 5) is 14.7. The van der Waals surface area contributed by atoms with Crippen LogP contribution in [0.5, 0.6) is 0 Å². The smallest absolute Gasteiger partial charge is 0.332 e. The third-order valence-electron chi connectivity index (χ3n) is 3.54. The van der Waals surface area contributed by atoms with Crippen molar-refractivity contribution >= 4 is 5.97 Å². The summed E-state index contributed by atoms with van der Waals surface area (Å²) in [5.41, 5.74) is 8.19. The molecule has 9 heteroatoms. The van der Waals surface area contributed by atoms with Crippen molar-refractivity contribution in [3.05, 3.63) is 10.4 Å². The van der Waals surface area contributed by atoms with E-state index in [0.717, 1.165) is 0 Å². The molecule has 1 aliphatic rings. The highest BCUT2D eigenvalue weighted by Gasteiger charge is 2.44. The first-order chi connectivity index (χ1) is 11.2. The fourth-order valence-electron chi connectivity index (χ4n) is 2.53. The minimum Gasteiger partial charge on any atom is -0.458 e. The fourth-order valence-corrected chi connectivity index (χ4v) is 2.53. The maximum absolute atomic E-state index is 11.9. The van der Waals surface area contributed by atoms with E-state index in [1.165, 1.54) is 0 Å². The van der Waals surface area contributed by atoms with E-state index in [1.807, 2.05) is 0 Å². The van der Waals surface area contributed by atoms with Gasteiger partial charge in [0.2, 0.25) is 0 Å². The maximum Gasteiger partial charge on any atom is 0.332 e. The van der Waals surface area contributed by atoms with E-state index in [0.29, 0.717) is 6.61 Å². The first kappa shape index (κ1) is 20.7. The topological polar surface area (TPSA) is 123 Å². The second kappa shape index (κ2) is 9.19. The van der Waals surface area contributed by atoms with E-state index >= 15 is 0 Å². The predicted molar refractivity (Wildman–Crippen MR) is 85.1 cm³/mol. The standard InChI is InChI=1S/C15H27N3O6/c1-6-21-14-12(17-18-16)13(9(2)10(7-19)23-14)22-8-11(20)24-15(3,4)5/h9-10,12-14,19H,6-8H2,1-5H3/t9-,10?,12?,13-,14+/m0/s1. The van der Waals surface area contributed by atoms with Crippen molar-refractivity contribution in [2.45, 2.75) is 64.8 Å². The quantitative estimate of drug-likeness (QED) is 0.325. The molecule has 24 heavy (non-hydrogen) atoms. The Balaban J connectivity index is 2.86. The molecule has 2 unspecified atom stereocenters. The van der Waals surface area contributed by atoms with Crippen LogP contribution < -0.4 is 0 Å². The molecular weight excluding hydrogens is 318 g/mol. The molecule has 0 saturated carbocycles. The lowest BCUT2D eigenvalue weighted by Crippen LogP contribution is -2.55. The minimum atomic E-state index is -0.845. The molecule has 1 fully saturated rings. The van der Waals surface area contributed by atoms with E-state index in [2.05, 4.69) is 10.0 Å². The molecule has 0 spiro atoms. The lowest BCUT2D eigenvalue weighted by Gasteiger charge is -2.43. The van der Waals surface area contributed by atoms with Gasteiger partial charge in [0.1, 0.15) is 18.2 Å². The Morgan fingerprint density at radius 2 is 2.04 bits per heavy atom. The number of hydrogen-bond acceptors (Lipinski definition) is 7. The summed E-state index contributed by atoms with van der Waals surface area (Å²) in [7, 11) is 0. The number of esters is 1. The molecule has 5 atom stereocenters. The summed E-state index contributed by atoms with van der Waals surface area (Å²) in [6, 6.07) is -0.768. The van der Waals surface area contributed by atoms with Crippen molar-refractivity contribution in [2.24, 2.45) is 11.0 Å². The Bertz CT molecular complexity index is 461. The molecule has 9 nitrogen and oxygen atoms in total. The highest BCUT2D eigenvalue weighted by atomic mass is 16.7. The number of aliphatic hydroxyl groups is 1. The summed E-state index contributed by atoms with van der Waals surface area (Å²) >= 11 is 0. The average molecular weight is 345 g/mol. The largest absolute Gasteiger partial charge is 0.458 e. The third kappa shape index (κ3) is 5.92. The van der Waals surface area contributed by atoms with E-state index in [9.17, 15) is 9.90 Å². The lowest BCUT2D eigenvalue weighted by molar-refractivity contribution is -0.255. The van der Waals surface area contributed by atoms with E-state index < -0.39 is 36.1 Å². The van der Waals surface area contributed by atoms with Crippen LogP contribution in [0.2, 0.25) is 0 Å². The summed E-state index contributed by atoms with van der Waals surface area (Å²) in [5.74, 6) is -0.820. The monoisotopic (exact) mass is 345 g/mol. The second-order valence-corrected chi connectivity index (χ2v) is 6.60. The van der Waals surface area contributed by atoms with Crippen LogP contribution in [0, 0.1) is 5.92 Å². The number of nitrogens with zero attached hydrogens (tertiary/aromatic N) is 3. The summed E-state index contributed by atoms with van der Waals surface area (Å²) in [6.45, 7) is 8.67. The van der Waals surface area contributed by atoms with Crippen LogP contribution in [-0.2, 0) is 23.7 Å². The highest BCUT2D eigenvalue weighted by molar-refractivity contribution is 5.71.